The minimum absolute atomic E-state index is 0.0167. The third kappa shape index (κ3) is 5.75. The molecule has 2 aromatic carbocycles. The van der Waals surface area contributed by atoms with Gasteiger partial charge >= 0.3 is 0 Å². The lowest BCUT2D eigenvalue weighted by molar-refractivity contribution is -0.124. The van der Waals surface area contributed by atoms with Gasteiger partial charge in [-0.3, -0.25) is 14.4 Å². The van der Waals surface area contributed by atoms with Crippen molar-refractivity contribution in [3.8, 4) is 0 Å². The number of benzene rings is 2. The fourth-order valence-corrected chi connectivity index (χ4v) is 4.20. The molecule has 1 heterocycles. The number of aryl methyl sites for hydroxylation is 2. The third-order valence-electron chi connectivity index (χ3n) is 6.07. The standard InChI is InChI=1S/C26H33N3O3/c1-4-14-27-25(31)23(28-24(30)22-11-6-5-9-19(22)3)20-12-15-29(16-13-20)26(32)21-10-7-8-18(2)17-21/h5-11,17,20,23H,4,12-16H2,1-3H3,(H,27,31)(H,28,30)/t23-/m0/s1. The number of hydrogen-bond donors (Lipinski definition) is 2. The molecule has 0 aromatic heterocycles. The summed E-state index contributed by atoms with van der Waals surface area (Å²) in [4.78, 5) is 40.6. The predicted molar refractivity (Wildman–Crippen MR) is 126 cm³/mol. The van der Waals surface area contributed by atoms with Crippen LogP contribution in [-0.2, 0) is 4.79 Å². The van der Waals surface area contributed by atoms with Gasteiger partial charge in [0, 0.05) is 30.8 Å². The highest BCUT2D eigenvalue weighted by Gasteiger charge is 2.34. The lowest BCUT2D eigenvalue weighted by Gasteiger charge is -2.36. The summed E-state index contributed by atoms with van der Waals surface area (Å²) < 4.78 is 0. The van der Waals surface area contributed by atoms with Crippen LogP contribution in [0.3, 0.4) is 0 Å². The summed E-state index contributed by atoms with van der Waals surface area (Å²) in [6, 6.07) is 14.4. The quantitative estimate of drug-likeness (QED) is 0.699. The Balaban J connectivity index is 1.69. The zero-order valence-corrected chi connectivity index (χ0v) is 19.2. The Labute approximate surface area is 190 Å². The molecule has 0 unspecified atom stereocenters. The highest BCUT2D eigenvalue weighted by molar-refractivity contribution is 5.98. The molecule has 0 aliphatic carbocycles. The van der Waals surface area contributed by atoms with Crippen molar-refractivity contribution in [3.63, 3.8) is 0 Å². The van der Waals surface area contributed by atoms with E-state index in [4.69, 9.17) is 0 Å². The van der Waals surface area contributed by atoms with E-state index < -0.39 is 6.04 Å². The van der Waals surface area contributed by atoms with Gasteiger partial charge in [0.05, 0.1) is 0 Å². The average molecular weight is 436 g/mol. The van der Waals surface area contributed by atoms with E-state index in [1.165, 1.54) is 0 Å². The van der Waals surface area contributed by atoms with Crippen LogP contribution in [0.5, 0.6) is 0 Å². The van der Waals surface area contributed by atoms with E-state index in [9.17, 15) is 14.4 Å². The van der Waals surface area contributed by atoms with Gasteiger partial charge in [-0.2, -0.15) is 0 Å². The molecule has 32 heavy (non-hydrogen) atoms. The van der Waals surface area contributed by atoms with Gasteiger partial charge in [-0.15, -0.1) is 0 Å². The van der Waals surface area contributed by atoms with E-state index in [1.54, 1.807) is 6.07 Å². The van der Waals surface area contributed by atoms with E-state index in [0.29, 0.717) is 43.6 Å². The first-order valence-electron chi connectivity index (χ1n) is 11.4. The topological polar surface area (TPSA) is 78.5 Å². The summed E-state index contributed by atoms with van der Waals surface area (Å²) in [6.07, 6.45) is 2.15. The van der Waals surface area contributed by atoms with Gasteiger partial charge in [-0.25, -0.2) is 0 Å². The summed E-state index contributed by atoms with van der Waals surface area (Å²) >= 11 is 0. The molecule has 0 spiro atoms. The Hall–Kier alpha value is -3.15. The number of nitrogens with one attached hydrogen (secondary N) is 2. The highest BCUT2D eigenvalue weighted by Crippen LogP contribution is 2.23. The first-order valence-corrected chi connectivity index (χ1v) is 11.4. The number of carbonyl (C=O) groups excluding carboxylic acids is 3. The number of amides is 3. The Morgan fingerprint density at radius 3 is 2.41 bits per heavy atom. The van der Waals surface area contributed by atoms with Gasteiger partial charge < -0.3 is 15.5 Å². The van der Waals surface area contributed by atoms with Crippen LogP contribution in [0.1, 0.15) is 58.0 Å². The number of carbonyl (C=O) groups is 3. The van der Waals surface area contributed by atoms with Gasteiger partial charge in [-0.05, 0) is 62.8 Å². The molecule has 3 amide bonds. The van der Waals surface area contributed by atoms with E-state index in [-0.39, 0.29) is 23.6 Å². The smallest absolute Gasteiger partial charge is 0.253 e. The largest absolute Gasteiger partial charge is 0.354 e. The van der Waals surface area contributed by atoms with Gasteiger partial charge in [0.2, 0.25) is 5.91 Å². The Morgan fingerprint density at radius 1 is 1.03 bits per heavy atom. The van der Waals surface area contributed by atoms with Crippen molar-refractivity contribution < 1.29 is 14.4 Å². The molecule has 6 nitrogen and oxygen atoms in total. The fraction of sp³-hybridized carbons (Fsp3) is 0.423. The van der Waals surface area contributed by atoms with Crippen LogP contribution in [0.4, 0.5) is 0 Å². The van der Waals surface area contributed by atoms with Gasteiger partial charge in [0.1, 0.15) is 6.04 Å². The first-order chi connectivity index (χ1) is 15.4. The second-order valence-corrected chi connectivity index (χ2v) is 8.56. The molecular formula is C26H33N3O3. The third-order valence-corrected chi connectivity index (χ3v) is 6.07. The molecule has 1 aliphatic rings. The van der Waals surface area contributed by atoms with E-state index in [0.717, 1.165) is 17.5 Å². The average Bonchev–Trinajstić information content (AvgIpc) is 2.81. The van der Waals surface area contributed by atoms with Crippen LogP contribution in [0.15, 0.2) is 48.5 Å². The Kier molecular flexibility index (Phi) is 8.03. The van der Waals surface area contributed by atoms with Crippen molar-refractivity contribution in [1.29, 1.82) is 0 Å². The first kappa shape index (κ1) is 23.5. The van der Waals surface area contributed by atoms with Gasteiger partial charge in [0.25, 0.3) is 11.8 Å². The van der Waals surface area contributed by atoms with Crippen LogP contribution in [0.2, 0.25) is 0 Å². The van der Waals surface area contributed by atoms with Crippen LogP contribution in [0.25, 0.3) is 0 Å². The van der Waals surface area contributed by atoms with E-state index in [2.05, 4.69) is 10.6 Å². The van der Waals surface area contributed by atoms with Crippen molar-refractivity contribution in [3.05, 3.63) is 70.8 Å². The van der Waals surface area contributed by atoms with Crippen molar-refractivity contribution in [2.24, 2.45) is 5.92 Å². The second-order valence-electron chi connectivity index (χ2n) is 8.56. The predicted octanol–water partition coefficient (Wildman–Crippen LogP) is 3.48. The Bertz CT molecular complexity index is 964. The number of hydrogen-bond acceptors (Lipinski definition) is 3. The van der Waals surface area contributed by atoms with Crippen molar-refractivity contribution in [2.75, 3.05) is 19.6 Å². The van der Waals surface area contributed by atoms with Crippen LogP contribution >= 0.6 is 0 Å². The maximum absolute atomic E-state index is 12.9. The molecule has 2 aromatic rings. The molecule has 1 atom stereocenters. The molecule has 1 fully saturated rings. The van der Waals surface area contributed by atoms with Crippen molar-refractivity contribution in [1.82, 2.24) is 15.5 Å². The Morgan fingerprint density at radius 2 is 1.75 bits per heavy atom. The minimum atomic E-state index is -0.620. The highest BCUT2D eigenvalue weighted by atomic mass is 16.2. The van der Waals surface area contributed by atoms with Gasteiger partial charge in [0.15, 0.2) is 0 Å². The number of likely N-dealkylation sites (tertiary alicyclic amines) is 1. The molecule has 3 rings (SSSR count). The molecule has 1 saturated heterocycles. The summed E-state index contributed by atoms with van der Waals surface area (Å²) in [5.41, 5.74) is 3.19. The summed E-state index contributed by atoms with van der Waals surface area (Å²) in [6.45, 7) is 7.55. The second kappa shape index (κ2) is 10.9. The van der Waals surface area contributed by atoms with Crippen LogP contribution in [0, 0.1) is 19.8 Å². The number of nitrogens with zero attached hydrogens (tertiary/aromatic N) is 1. The molecule has 0 radical (unpaired) electrons. The fourth-order valence-electron chi connectivity index (χ4n) is 4.20. The summed E-state index contributed by atoms with van der Waals surface area (Å²) in [7, 11) is 0. The zero-order chi connectivity index (χ0) is 23.1. The molecular weight excluding hydrogens is 402 g/mol. The molecule has 0 saturated carbocycles. The van der Waals surface area contributed by atoms with Crippen LogP contribution < -0.4 is 10.6 Å². The lowest BCUT2D eigenvalue weighted by atomic mass is 9.88. The SMILES string of the molecule is CCCNC(=O)[C@@H](NC(=O)c1ccccc1C)C1CCN(C(=O)c2cccc(C)c2)CC1. The maximum atomic E-state index is 12.9. The van der Waals surface area contributed by atoms with Crippen LogP contribution in [-0.4, -0.2) is 48.3 Å². The molecule has 1 aliphatic heterocycles. The van der Waals surface area contributed by atoms with E-state index >= 15 is 0 Å². The maximum Gasteiger partial charge on any atom is 0.253 e. The lowest BCUT2D eigenvalue weighted by Crippen LogP contribution is -2.54. The molecule has 6 heteroatoms. The van der Waals surface area contributed by atoms with Gasteiger partial charge in [-0.1, -0.05) is 42.8 Å². The van der Waals surface area contributed by atoms with E-state index in [1.807, 2.05) is 68.1 Å². The van der Waals surface area contributed by atoms with Crippen molar-refractivity contribution in [2.45, 2.75) is 46.1 Å². The summed E-state index contributed by atoms with van der Waals surface area (Å²) in [5, 5.41) is 5.91. The number of rotatable bonds is 7. The normalized spacial score (nSPS) is 15.2. The zero-order valence-electron chi connectivity index (χ0n) is 19.2. The summed E-state index contributed by atoms with van der Waals surface area (Å²) in [5.74, 6) is -0.403. The minimum Gasteiger partial charge on any atom is -0.354 e. The monoisotopic (exact) mass is 435 g/mol. The molecule has 170 valence electrons. The molecule has 2 N–H and O–H groups in total. The van der Waals surface area contributed by atoms with Crippen molar-refractivity contribution >= 4 is 17.7 Å². The molecule has 0 bridgehead atoms. The number of piperidine rings is 1.